The van der Waals surface area contributed by atoms with Gasteiger partial charge in [-0.25, -0.2) is 0 Å². The number of ether oxygens (including phenoxy) is 2. The topological polar surface area (TPSA) is 69.7 Å². The summed E-state index contributed by atoms with van der Waals surface area (Å²) in [4.78, 5) is 34.5. The summed E-state index contributed by atoms with van der Waals surface area (Å²) in [7, 11) is 0. The first-order chi connectivity index (χ1) is 10.0. The summed E-state index contributed by atoms with van der Waals surface area (Å²) in [6, 6.07) is 0. The van der Waals surface area contributed by atoms with Gasteiger partial charge in [0.2, 0.25) is 0 Å². The maximum atomic E-state index is 11.7. The first-order valence-electron chi connectivity index (χ1n) is 7.86. The van der Waals surface area contributed by atoms with Gasteiger partial charge >= 0.3 is 11.9 Å². The molecule has 0 aromatic carbocycles. The van der Waals surface area contributed by atoms with Gasteiger partial charge < -0.3 is 9.47 Å². The fourth-order valence-electron chi connectivity index (χ4n) is 1.84. The van der Waals surface area contributed by atoms with Crippen molar-refractivity contribution in [1.82, 2.24) is 0 Å². The second-order valence-corrected chi connectivity index (χ2v) is 5.22. The zero-order chi connectivity index (χ0) is 16.1. The van der Waals surface area contributed by atoms with E-state index in [1.54, 1.807) is 0 Å². The van der Waals surface area contributed by atoms with Gasteiger partial charge in [-0.3, -0.25) is 14.4 Å². The van der Waals surface area contributed by atoms with Gasteiger partial charge in [0, 0.05) is 31.6 Å². The number of hydrogen-bond donors (Lipinski definition) is 0. The van der Waals surface area contributed by atoms with Crippen molar-refractivity contribution in [2.24, 2.45) is 5.92 Å². The third-order valence-electron chi connectivity index (χ3n) is 2.91. The number of carbonyl (C=O) groups excluding carboxylic acids is 3. The van der Waals surface area contributed by atoms with Crippen molar-refractivity contribution in [1.29, 1.82) is 0 Å². The molecule has 0 bridgehead atoms. The Hall–Kier alpha value is -1.39. The van der Waals surface area contributed by atoms with Crippen LogP contribution in [0, 0.1) is 5.92 Å². The molecule has 0 rings (SSSR count). The van der Waals surface area contributed by atoms with E-state index in [0.717, 1.165) is 19.3 Å². The molecular weight excluding hydrogens is 272 g/mol. The standard InChI is InChI=1S/C16H28O5/c1-4-7-14(17)10-13(11-20-15(18)8-5-2)12-21-16(19)9-6-3/h13H,4-12H2,1-3H3. The highest BCUT2D eigenvalue weighted by molar-refractivity contribution is 5.78. The van der Waals surface area contributed by atoms with Gasteiger partial charge in [-0.1, -0.05) is 20.8 Å². The fraction of sp³-hybridized carbons (Fsp3) is 0.812. The molecule has 0 aromatic heterocycles. The minimum Gasteiger partial charge on any atom is -0.465 e. The van der Waals surface area contributed by atoms with Crippen molar-refractivity contribution >= 4 is 17.7 Å². The number of hydrogen-bond acceptors (Lipinski definition) is 5. The summed E-state index contributed by atoms with van der Waals surface area (Å²) < 4.78 is 10.3. The molecule has 0 saturated carbocycles. The van der Waals surface area contributed by atoms with Gasteiger partial charge in [-0.2, -0.15) is 0 Å². The lowest BCUT2D eigenvalue weighted by atomic mass is 10.0. The molecule has 122 valence electrons. The molecule has 0 unspecified atom stereocenters. The van der Waals surface area contributed by atoms with Crippen molar-refractivity contribution in [2.45, 2.75) is 65.7 Å². The second-order valence-electron chi connectivity index (χ2n) is 5.22. The van der Waals surface area contributed by atoms with Crippen LogP contribution in [0.3, 0.4) is 0 Å². The Kier molecular flexibility index (Phi) is 11.5. The maximum absolute atomic E-state index is 11.7. The monoisotopic (exact) mass is 300 g/mol. The van der Waals surface area contributed by atoms with Gasteiger partial charge in [0.1, 0.15) is 5.78 Å². The van der Waals surface area contributed by atoms with Crippen molar-refractivity contribution in [3.05, 3.63) is 0 Å². The van der Waals surface area contributed by atoms with Crippen LogP contribution >= 0.6 is 0 Å². The van der Waals surface area contributed by atoms with E-state index in [1.807, 2.05) is 20.8 Å². The molecule has 0 aliphatic heterocycles. The average molecular weight is 300 g/mol. The SMILES string of the molecule is CCCC(=O)CC(COC(=O)CCC)COC(=O)CCC. The number of carbonyl (C=O) groups is 3. The van der Waals surface area contributed by atoms with E-state index in [0.29, 0.717) is 19.3 Å². The van der Waals surface area contributed by atoms with Crippen molar-refractivity contribution in [3.63, 3.8) is 0 Å². The lowest BCUT2D eigenvalue weighted by molar-refractivity contribution is -0.150. The predicted molar refractivity (Wildman–Crippen MR) is 79.8 cm³/mol. The zero-order valence-electron chi connectivity index (χ0n) is 13.5. The second kappa shape index (κ2) is 12.4. The Morgan fingerprint density at radius 3 is 1.57 bits per heavy atom. The number of rotatable bonds is 12. The molecule has 0 aliphatic carbocycles. The van der Waals surface area contributed by atoms with Crippen LogP contribution in [0.25, 0.3) is 0 Å². The summed E-state index contributed by atoms with van der Waals surface area (Å²) >= 11 is 0. The quantitative estimate of drug-likeness (QED) is 0.518. The van der Waals surface area contributed by atoms with E-state index in [2.05, 4.69) is 0 Å². The first-order valence-corrected chi connectivity index (χ1v) is 7.86. The average Bonchev–Trinajstić information content (AvgIpc) is 2.42. The summed E-state index contributed by atoms with van der Waals surface area (Å²) in [5.74, 6) is -0.679. The molecule has 0 spiro atoms. The van der Waals surface area contributed by atoms with Crippen LogP contribution in [0.1, 0.15) is 65.7 Å². The Balaban J connectivity index is 4.29. The fourth-order valence-corrected chi connectivity index (χ4v) is 1.84. The van der Waals surface area contributed by atoms with Gasteiger partial charge in [0.15, 0.2) is 0 Å². The zero-order valence-corrected chi connectivity index (χ0v) is 13.5. The van der Waals surface area contributed by atoms with E-state index in [-0.39, 0.29) is 43.3 Å². The van der Waals surface area contributed by atoms with Gasteiger partial charge in [-0.05, 0) is 19.3 Å². The number of Topliss-reactive ketones (excluding diaryl/α,β-unsaturated/α-hetero) is 1. The molecule has 0 aliphatic rings. The maximum Gasteiger partial charge on any atom is 0.305 e. The van der Waals surface area contributed by atoms with E-state index in [9.17, 15) is 14.4 Å². The van der Waals surface area contributed by atoms with Crippen LogP contribution in [0.2, 0.25) is 0 Å². The Labute approximate surface area is 127 Å². The molecule has 0 saturated heterocycles. The minimum atomic E-state index is -0.273. The Bertz CT molecular complexity index is 303. The molecular formula is C16H28O5. The van der Waals surface area contributed by atoms with Crippen molar-refractivity contribution < 1.29 is 23.9 Å². The summed E-state index contributed by atoms with van der Waals surface area (Å²) in [5.41, 5.74) is 0. The Morgan fingerprint density at radius 1 is 0.762 bits per heavy atom. The van der Waals surface area contributed by atoms with Crippen LogP contribution in [-0.4, -0.2) is 30.9 Å². The van der Waals surface area contributed by atoms with E-state index in [4.69, 9.17) is 9.47 Å². The van der Waals surface area contributed by atoms with E-state index in [1.165, 1.54) is 0 Å². The molecule has 0 fully saturated rings. The van der Waals surface area contributed by atoms with Crippen LogP contribution in [-0.2, 0) is 23.9 Å². The Morgan fingerprint density at radius 2 is 1.19 bits per heavy atom. The number of ketones is 1. The number of esters is 2. The first kappa shape index (κ1) is 19.6. The largest absolute Gasteiger partial charge is 0.465 e. The van der Waals surface area contributed by atoms with Crippen LogP contribution in [0.15, 0.2) is 0 Å². The molecule has 5 nitrogen and oxygen atoms in total. The van der Waals surface area contributed by atoms with Crippen LogP contribution in [0.5, 0.6) is 0 Å². The molecule has 0 amide bonds. The normalized spacial score (nSPS) is 10.5. The van der Waals surface area contributed by atoms with Gasteiger partial charge in [0.05, 0.1) is 13.2 Å². The van der Waals surface area contributed by atoms with Crippen molar-refractivity contribution in [3.8, 4) is 0 Å². The van der Waals surface area contributed by atoms with Crippen LogP contribution < -0.4 is 0 Å². The molecule has 0 radical (unpaired) electrons. The molecule has 0 atom stereocenters. The molecule has 5 heteroatoms. The smallest absolute Gasteiger partial charge is 0.305 e. The summed E-state index contributed by atoms with van der Waals surface area (Å²) in [5, 5.41) is 0. The van der Waals surface area contributed by atoms with E-state index < -0.39 is 0 Å². The molecule has 0 N–H and O–H groups in total. The van der Waals surface area contributed by atoms with Crippen LogP contribution in [0.4, 0.5) is 0 Å². The van der Waals surface area contributed by atoms with Gasteiger partial charge in [0.25, 0.3) is 0 Å². The highest BCUT2D eigenvalue weighted by Gasteiger charge is 2.18. The summed E-state index contributed by atoms with van der Waals surface area (Å²) in [6.07, 6.45) is 3.76. The predicted octanol–water partition coefficient (Wildman–Crippen LogP) is 3.05. The highest BCUT2D eigenvalue weighted by Crippen LogP contribution is 2.10. The third-order valence-corrected chi connectivity index (χ3v) is 2.91. The highest BCUT2D eigenvalue weighted by atomic mass is 16.5. The summed E-state index contributed by atoms with van der Waals surface area (Å²) in [6.45, 7) is 6.00. The lowest BCUT2D eigenvalue weighted by Gasteiger charge is -2.16. The van der Waals surface area contributed by atoms with Crippen molar-refractivity contribution in [2.75, 3.05) is 13.2 Å². The molecule has 0 heterocycles. The lowest BCUT2D eigenvalue weighted by Crippen LogP contribution is -2.23. The van der Waals surface area contributed by atoms with E-state index >= 15 is 0 Å². The molecule has 0 aromatic rings. The van der Waals surface area contributed by atoms with Gasteiger partial charge in [-0.15, -0.1) is 0 Å². The molecule has 21 heavy (non-hydrogen) atoms. The minimum absolute atomic E-state index is 0.112. The third kappa shape index (κ3) is 11.0.